The van der Waals surface area contributed by atoms with Gasteiger partial charge in [-0.2, -0.15) is 0 Å². The van der Waals surface area contributed by atoms with Crippen LogP contribution in [0.2, 0.25) is 0 Å². The van der Waals surface area contributed by atoms with Crippen molar-refractivity contribution in [1.29, 1.82) is 0 Å². The van der Waals surface area contributed by atoms with Crippen LogP contribution in [-0.4, -0.2) is 63.2 Å². The van der Waals surface area contributed by atoms with Gasteiger partial charge in [0.1, 0.15) is 5.82 Å². The molecule has 1 aromatic rings. The molecular formula is C18H28N4O2. The monoisotopic (exact) mass is 332 g/mol. The highest BCUT2D eigenvalue weighted by Gasteiger charge is 2.51. The Hall–Kier alpha value is -1.40. The molecule has 24 heavy (non-hydrogen) atoms. The Bertz CT molecular complexity index is 639. The van der Waals surface area contributed by atoms with Crippen molar-refractivity contribution < 1.29 is 9.90 Å². The van der Waals surface area contributed by atoms with Crippen LogP contribution in [0.15, 0.2) is 6.20 Å². The molecule has 1 saturated carbocycles. The molecule has 0 radical (unpaired) electrons. The van der Waals surface area contributed by atoms with E-state index in [1.54, 1.807) is 0 Å². The van der Waals surface area contributed by atoms with Gasteiger partial charge in [0.05, 0.1) is 12.3 Å². The maximum absolute atomic E-state index is 12.4. The highest BCUT2D eigenvalue weighted by molar-refractivity contribution is 5.81. The largest absolute Gasteiger partial charge is 0.396 e. The molecule has 1 aromatic heterocycles. The molecule has 2 aliphatic heterocycles. The van der Waals surface area contributed by atoms with E-state index in [4.69, 9.17) is 0 Å². The Labute approximate surface area is 143 Å². The summed E-state index contributed by atoms with van der Waals surface area (Å²) in [6.07, 6.45) is 5.12. The predicted molar refractivity (Wildman–Crippen MR) is 90.2 cm³/mol. The maximum Gasteiger partial charge on any atom is 0.225 e. The molecule has 6 heteroatoms. The first-order chi connectivity index (χ1) is 11.5. The van der Waals surface area contributed by atoms with Crippen LogP contribution in [0.25, 0.3) is 0 Å². The van der Waals surface area contributed by atoms with Crippen molar-refractivity contribution in [2.45, 2.75) is 32.7 Å². The van der Waals surface area contributed by atoms with Crippen molar-refractivity contribution in [3.8, 4) is 0 Å². The van der Waals surface area contributed by atoms with Gasteiger partial charge in [0.25, 0.3) is 0 Å². The lowest BCUT2D eigenvalue weighted by atomic mass is 9.74. The number of aromatic nitrogens is 2. The zero-order valence-electron chi connectivity index (χ0n) is 14.7. The number of imidazole rings is 1. The van der Waals surface area contributed by atoms with Gasteiger partial charge in [-0.05, 0) is 38.6 Å². The number of nitrogens with zero attached hydrogens (tertiary/aromatic N) is 4. The number of carbonyl (C=O) groups excluding carboxylic acids is 1. The number of likely N-dealkylation sites (tertiary alicyclic amines) is 2. The Kier molecular flexibility index (Phi) is 3.92. The molecule has 0 aromatic carbocycles. The zero-order valence-corrected chi connectivity index (χ0v) is 14.7. The first kappa shape index (κ1) is 16.1. The Morgan fingerprint density at radius 2 is 2.17 bits per heavy atom. The van der Waals surface area contributed by atoms with Gasteiger partial charge in [0.15, 0.2) is 0 Å². The van der Waals surface area contributed by atoms with E-state index < -0.39 is 0 Å². The van der Waals surface area contributed by atoms with Gasteiger partial charge in [-0.3, -0.25) is 9.69 Å². The molecule has 3 aliphatic rings. The first-order valence-electron chi connectivity index (χ1n) is 9.11. The third kappa shape index (κ3) is 2.65. The minimum Gasteiger partial charge on any atom is -0.396 e. The minimum atomic E-state index is -0.142. The molecule has 2 saturated heterocycles. The normalized spacial score (nSPS) is 30.6. The van der Waals surface area contributed by atoms with Crippen LogP contribution in [0, 0.1) is 24.2 Å². The standard InChI is InChI=1S/C18H28N4O2/c1-13-19-7-16(20(13)2)9-21-6-5-15-8-22(17(24)14-3-4-14)11-18(15,10-21)12-23/h7,14-15,23H,3-6,8-12H2,1-2H3/t15-,18+/m0/s1. The van der Waals surface area contributed by atoms with E-state index in [0.29, 0.717) is 11.8 Å². The number of aliphatic hydroxyl groups is 1. The maximum atomic E-state index is 12.4. The number of rotatable bonds is 4. The average Bonchev–Trinajstić information content (AvgIpc) is 3.30. The van der Waals surface area contributed by atoms with E-state index in [1.807, 2.05) is 18.0 Å². The molecule has 1 N–H and O–H groups in total. The van der Waals surface area contributed by atoms with Crippen LogP contribution in [0.5, 0.6) is 0 Å². The third-order valence-electron chi connectivity index (χ3n) is 6.40. The molecule has 4 rings (SSSR count). The van der Waals surface area contributed by atoms with E-state index in [1.165, 1.54) is 5.69 Å². The number of hydrogen-bond donors (Lipinski definition) is 1. The smallest absolute Gasteiger partial charge is 0.225 e. The molecule has 2 atom stereocenters. The fraction of sp³-hybridized carbons (Fsp3) is 0.778. The first-order valence-corrected chi connectivity index (χ1v) is 9.11. The summed E-state index contributed by atoms with van der Waals surface area (Å²) in [5.41, 5.74) is 1.07. The van der Waals surface area contributed by atoms with E-state index >= 15 is 0 Å². The summed E-state index contributed by atoms with van der Waals surface area (Å²) >= 11 is 0. The van der Waals surface area contributed by atoms with Gasteiger partial charge in [-0.15, -0.1) is 0 Å². The van der Waals surface area contributed by atoms with Crippen molar-refractivity contribution in [1.82, 2.24) is 19.4 Å². The summed E-state index contributed by atoms with van der Waals surface area (Å²) < 4.78 is 2.13. The van der Waals surface area contributed by atoms with Crippen molar-refractivity contribution in [2.75, 3.05) is 32.8 Å². The molecule has 3 heterocycles. The molecular weight excluding hydrogens is 304 g/mol. The van der Waals surface area contributed by atoms with Crippen LogP contribution in [0.3, 0.4) is 0 Å². The highest BCUT2D eigenvalue weighted by Crippen LogP contribution is 2.44. The predicted octanol–water partition coefficient (Wildman–Crippen LogP) is 0.781. The highest BCUT2D eigenvalue weighted by atomic mass is 16.3. The second-order valence-electron chi connectivity index (χ2n) is 8.07. The van der Waals surface area contributed by atoms with Crippen LogP contribution in [0.1, 0.15) is 30.8 Å². The van der Waals surface area contributed by atoms with Crippen molar-refractivity contribution >= 4 is 5.91 Å². The molecule has 1 amide bonds. The van der Waals surface area contributed by atoms with E-state index in [0.717, 1.165) is 57.8 Å². The van der Waals surface area contributed by atoms with E-state index in [-0.39, 0.29) is 17.9 Å². The van der Waals surface area contributed by atoms with Gasteiger partial charge in [-0.25, -0.2) is 4.98 Å². The lowest BCUT2D eigenvalue weighted by Crippen LogP contribution is -2.50. The second kappa shape index (κ2) is 5.85. The van der Waals surface area contributed by atoms with Crippen LogP contribution < -0.4 is 0 Å². The van der Waals surface area contributed by atoms with Gasteiger partial charge in [-0.1, -0.05) is 0 Å². The lowest BCUT2D eigenvalue weighted by Gasteiger charge is -2.43. The van der Waals surface area contributed by atoms with Gasteiger partial charge < -0.3 is 14.6 Å². The number of fused-ring (bicyclic) bond motifs is 1. The lowest BCUT2D eigenvalue weighted by molar-refractivity contribution is -0.132. The molecule has 0 bridgehead atoms. The SMILES string of the molecule is Cc1ncc(CN2CC[C@H]3CN(C(=O)C4CC4)C[C@@]3(CO)C2)n1C. The van der Waals surface area contributed by atoms with Gasteiger partial charge in [0, 0.05) is 50.8 Å². The summed E-state index contributed by atoms with van der Waals surface area (Å²) in [6.45, 7) is 6.52. The number of aryl methyl sites for hydroxylation is 1. The van der Waals surface area contributed by atoms with Crippen molar-refractivity contribution in [3.63, 3.8) is 0 Å². The molecule has 3 fully saturated rings. The number of aliphatic hydroxyl groups excluding tert-OH is 1. The molecule has 0 unspecified atom stereocenters. The molecule has 1 aliphatic carbocycles. The topological polar surface area (TPSA) is 61.6 Å². The summed E-state index contributed by atoms with van der Waals surface area (Å²) in [5, 5.41) is 10.2. The van der Waals surface area contributed by atoms with Crippen molar-refractivity contribution in [2.24, 2.45) is 24.3 Å². The Balaban J connectivity index is 1.47. The van der Waals surface area contributed by atoms with Crippen molar-refractivity contribution in [3.05, 3.63) is 17.7 Å². The Morgan fingerprint density at radius 1 is 1.38 bits per heavy atom. The number of amides is 1. The van der Waals surface area contributed by atoms with Crippen LogP contribution >= 0.6 is 0 Å². The number of piperidine rings is 1. The quantitative estimate of drug-likeness (QED) is 0.885. The fourth-order valence-electron chi connectivity index (χ4n) is 4.52. The fourth-order valence-corrected chi connectivity index (χ4v) is 4.52. The summed E-state index contributed by atoms with van der Waals surface area (Å²) in [5.74, 6) is 2.06. The van der Waals surface area contributed by atoms with Crippen LogP contribution in [-0.2, 0) is 18.4 Å². The summed E-state index contributed by atoms with van der Waals surface area (Å²) in [6, 6.07) is 0. The van der Waals surface area contributed by atoms with Gasteiger partial charge in [0.2, 0.25) is 5.91 Å². The van der Waals surface area contributed by atoms with E-state index in [9.17, 15) is 9.90 Å². The summed E-state index contributed by atoms with van der Waals surface area (Å²) in [4.78, 5) is 21.3. The van der Waals surface area contributed by atoms with Crippen LogP contribution in [0.4, 0.5) is 0 Å². The summed E-state index contributed by atoms with van der Waals surface area (Å²) in [7, 11) is 2.05. The molecule has 0 spiro atoms. The molecule has 132 valence electrons. The zero-order chi connectivity index (χ0) is 16.9. The number of hydrogen-bond acceptors (Lipinski definition) is 4. The minimum absolute atomic E-state index is 0.142. The molecule has 6 nitrogen and oxygen atoms in total. The third-order valence-corrected chi connectivity index (χ3v) is 6.40. The Morgan fingerprint density at radius 3 is 2.79 bits per heavy atom. The average molecular weight is 332 g/mol. The van der Waals surface area contributed by atoms with Gasteiger partial charge >= 0.3 is 0 Å². The second-order valence-corrected chi connectivity index (χ2v) is 8.07. The van der Waals surface area contributed by atoms with E-state index in [2.05, 4.69) is 21.5 Å². The number of carbonyl (C=O) groups is 1.